The lowest BCUT2D eigenvalue weighted by atomic mass is 10.1. The molecule has 0 aliphatic rings. The van der Waals surface area contributed by atoms with E-state index in [0.29, 0.717) is 22.0 Å². The third-order valence-corrected chi connectivity index (χ3v) is 6.78. The summed E-state index contributed by atoms with van der Waals surface area (Å²) in [6.07, 6.45) is 0. The van der Waals surface area contributed by atoms with Gasteiger partial charge in [-0.25, -0.2) is 8.42 Å². The minimum Gasteiger partial charge on any atom is -0.322 e. The van der Waals surface area contributed by atoms with Crippen LogP contribution in [-0.4, -0.2) is 14.3 Å². The molecule has 7 heteroatoms. The van der Waals surface area contributed by atoms with Gasteiger partial charge in [0.25, 0.3) is 15.9 Å². The Hall–Kier alpha value is -2.83. The summed E-state index contributed by atoms with van der Waals surface area (Å²) in [5.41, 5.74) is 4.56. The van der Waals surface area contributed by atoms with Crippen molar-refractivity contribution in [2.75, 3.05) is 10.0 Å². The molecule has 0 aliphatic carbocycles. The molecule has 156 valence electrons. The average Bonchev–Trinajstić information content (AvgIpc) is 2.68. The van der Waals surface area contributed by atoms with Gasteiger partial charge < -0.3 is 5.32 Å². The number of hydrogen-bond acceptors (Lipinski definition) is 3. The van der Waals surface area contributed by atoms with Gasteiger partial charge in [-0.1, -0.05) is 35.9 Å². The Bertz CT molecular complexity index is 1240. The summed E-state index contributed by atoms with van der Waals surface area (Å²) < 4.78 is 28.8. The highest BCUT2D eigenvalue weighted by atomic mass is 35.5. The highest BCUT2D eigenvalue weighted by Crippen LogP contribution is 2.25. The highest BCUT2D eigenvalue weighted by molar-refractivity contribution is 7.92. The zero-order valence-electron chi connectivity index (χ0n) is 17.2. The highest BCUT2D eigenvalue weighted by Gasteiger charge is 2.20. The molecule has 0 radical (unpaired) electrons. The number of sulfonamides is 1. The van der Waals surface area contributed by atoms with E-state index < -0.39 is 15.9 Å². The zero-order valence-corrected chi connectivity index (χ0v) is 18.8. The number of rotatable bonds is 5. The van der Waals surface area contributed by atoms with Gasteiger partial charge in [0.1, 0.15) is 0 Å². The third-order valence-electron chi connectivity index (χ3n) is 5.04. The van der Waals surface area contributed by atoms with Crippen LogP contribution in [-0.2, 0) is 10.0 Å². The lowest BCUT2D eigenvalue weighted by Gasteiger charge is -2.15. The largest absolute Gasteiger partial charge is 0.322 e. The normalized spacial score (nSPS) is 11.2. The van der Waals surface area contributed by atoms with Crippen molar-refractivity contribution in [2.45, 2.75) is 32.6 Å². The first-order valence-electron chi connectivity index (χ1n) is 9.35. The average molecular weight is 443 g/mol. The van der Waals surface area contributed by atoms with Gasteiger partial charge in [-0.3, -0.25) is 9.52 Å². The molecule has 0 spiro atoms. The van der Waals surface area contributed by atoms with Crippen LogP contribution in [0, 0.1) is 27.7 Å². The Labute approximate surface area is 182 Å². The molecule has 3 aromatic carbocycles. The van der Waals surface area contributed by atoms with Crippen LogP contribution in [0.4, 0.5) is 11.4 Å². The van der Waals surface area contributed by atoms with Crippen LogP contribution in [0.1, 0.15) is 32.6 Å². The number of benzene rings is 3. The van der Waals surface area contributed by atoms with Crippen LogP contribution in [0.15, 0.2) is 59.5 Å². The van der Waals surface area contributed by atoms with Gasteiger partial charge in [0.05, 0.1) is 10.6 Å². The number of anilines is 2. The summed E-state index contributed by atoms with van der Waals surface area (Å²) in [5.74, 6) is -0.413. The predicted octanol–water partition coefficient (Wildman–Crippen LogP) is 5.63. The van der Waals surface area contributed by atoms with Gasteiger partial charge >= 0.3 is 0 Å². The summed E-state index contributed by atoms with van der Waals surface area (Å²) in [5, 5.41) is 3.29. The molecule has 0 bridgehead atoms. The Morgan fingerprint density at radius 3 is 2.27 bits per heavy atom. The number of halogens is 1. The van der Waals surface area contributed by atoms with Gasteiger partial charge in [0.2, 0.25) is 0 Å². The second-order valence-electron chi connectivity index (χ2n) is 7.25. The first-order chi connectivity index (χ1) is 14.1. The molecular weight excluding hydrogens is 420 g/mol. The van der Waals surface area contributed by atoms with E-state index in [1.54, 1.807) is 49.4 Å². The topological polar surface area (TPSA) is 75.3 Å². The van der Waals surface area contributed by atoms with E-state index >= 15 is 0 Å². The van der Waals surface area contributed by atoms with Crippen LogP contribution < -0.4 is 10.0 Å². The maximum Gasteiger partial charge on any atom is 0.262 e. The van der Waals surface area contributed by atoms with Crippen LogP contribution in [0.5, 0.6) is 0 Å². The third kappa shape index (κ3) is 4.66. The van der Waals surface area contributed by atoms with Crippen LogP contribution in [0.3, 0.4) is 0 Å². The zero-order chi connectivity index (χ0) is 22.1. The lowest BCUT2D eigenvalue weighted by Crippen LogP contribution is -2.18. The molecule has 3 aromatic rings. The number of amides is 1. The van der Waals surface area contributed by atoms with Crippen LogP contribution >= 0.6 is 11.6 Å². The van der Waals surface area contributed by atoms with E-state index in [9.17, 15) is 13.2 Å². The first-order valence-corrected chi connectivity index (χ1v) is 11.2. The summed E-state index contributed by atoms with van der Waals surface area (Å²) in [4.78, 5) is 12.8. The quantitative estimate of drug-likeness (QED) is 0.537. The Kier molecular flexibility index (Phi) is 6.19. The number of hydrogen-bond donors (Lipinski definition) is 2. The molecule has 2 N–H and O–H groups in total. The molecule has 0 heterocycles. The van der Waals surface area contributed by atoms with Crippen molar-refractivity contribution in [3.05, 3.63) is 87.4 Å². The van der Waals surface area contributed by atoms with Crippen LogP contribution in [0.25, 0.3) is 0 Å². The molecule has 5 nitrogen and oxygen atoms in total. The predicted molar refractivity (Wildman–Crippen MR) is 122 cm³/mol. The molecule has 0 aromatic heterocycles. The van der Waals surface area contributed by atoms with Gasteiger partial charge in [-0.15, -0.1) is 0 Å². The van der Waals surface area contributed by atoms with Gasteiger partial charge in [-0.05, 0) is 80.3 Å². The molecule has 0 unspecified atom stereocenters. The molecule has 1 amide bonds. The summed E-state index contributed by atoms with van der Waals surface area (Å²) in [6.45, 7) is 7.32. The van der Waals surface area contributed by atoms with Gasteiger partial charge in [0, 0.05) is 16.3 Å². The Morgan fingerprint density at radius 1 is 0.833 bits per heavy atom. The molecule has 0 fully saturated rings. The Morgan fingerprint density at radius 2 is 1.53 bits per heavy atom. The van der Waals surface area contributed by atoms with E-state index in [0.717, 1.165) is 16.7 Å². The monoisotopic (exact) mass is 442 g/mol. The number of carbonyl (C=O) groups excluding carboxylic acids is 1. The van der Waals surface area contributed by atoms with E-state index in [2.05, 4.69) is 10.0 Å². The molecule has 3 rings (SSSR count). The SMILES string of the molecule is Cc1ccc(Cl)cc1NC(=O)c1ccc(C)c(S(=O)(=O)Nc2cccc(C)c2C)c1. The molecule has 30 heavy (non-hydrogen) atoms. The molecule has 0 atom stereocenters. The van der Waals surface area contributed by atoms with E-state index in [4.69, 9.17) is 11.6 Å². The van der Waals surface area contributed by atoms with Crippen molar-refractivity contribution in [2.24, 2.45) is 0 Å². The fraction of sp³-hybridized carbons (Fsp3) is 0.174. The van der Waals surface area contributed by atoms with Crippen molar-refractivity contribution in [3.8, 4) is 0 Å². The second kappa shape index (κ2) is 8.50. The van der Waals surface area contributed by atoms with E-state index in [-0.39, 0.29) is 10.5 Å². The van der Waals surface area contributed by atoms with E-state index in [1.807, 2.05) is 26.8 Å². The molecular formula is C23H23ClN2O3S. The minimum atomic E-state index is -3.88. The van der Waals surface area contributed by atoms with Crippen molar-refractivity contribution in [3.63, 3.8) is 0 Å². The van der Waals surface area contributed by atoms with E-state index in [1.165, 1.54) is 6.07 Å². The maximum atomic E-state index is 13.1. The fourth-order valence-electron chi connectivity index (χ4n) is 3.02. The minimum absolute atomic E-state index is 0.0545. The fourth-order valence-corrected chi connectivity index (χ4v) is 4.58. The summed E-state index contributed by atoms with van der Waals surface area (Å²) in [6, 6.07) is 15.2. The standard InChI is InChI=1S/C23H23ClN2O3S/c1-14-6-5-7-20(17(14)4)26-30(28,29)22-12-18(10-8-16(22)3)23(27)25-21-13-19(24)11-9-15(21)2/h5-13,26H,1-4H3,(H,25,27). The number of aryl methyl sites for hydroxylation is 3. The number of carbonyl (C=O) groups is 1. The first kappa shape index (κ1) is 21.9. The second-order valence-corrected chi connectivity index (χ2v) is 9.33. The number of nitrogens with one attached hydrogen (secondary N) is 2. The van der Waals surface area contributed by atoms with Crippen molar-refractivity contribution in [1.82, 2.24) is 0 Å². The summed E-state index contributed by atoms with van der Waals surface area (Å²) in [7, 11) is -3.88. The van der Waals surface area contributed by atoms with Gasteiger partial charge in [-0.2, -0.15) is 0 Å². The van der Waals surface area contributed by atoms with Crippen molar-refractivity contribution < 1.29 is 13.2 Å². The molecule has 0 saturated heterocycles. The maximum absolute atomic E-state index is 13.1. The lowest BCUT2D eigenvalue weighted by molar-refractivity contribution is 0.102. The van der Waals surface area contributed by atoms with Crippen LogP contribution in [0.2, 0.25) is 5.02 Å². The molecule has 0 saturated carbocycles. The van der Waals surface area contributed by atoms with Crippen molar-refractivity contribution in [1.29, 1.82) is 0 Å². The summed E-state index contributed by atoms with van der Waals surface area (Å²) >= 11 is 6.01. The molecule has 0 aliphatic heterocycles. The van der Waals surface area contributed by atoms with Crippen molar-refractivity contribution >= 4 is 38.9 Å². The smallest absolute Gasteiger partial charge is 0.262 e. The Balaban J connectivity index is 1.93. The van der Waals surface area contributed by atoms with Gasteiger partial charge in [0.15, 0.2) is 0 Å².